The van der Waals surface area contributed by atoms with Crippen LogP contribution in [0, 0.1) is 13.8 Å². The van der Waals surface area contributed by atoms with Gasteiger partial charge in [0.15, 0.2) is 0 Å². The van der Waals surface area contributed by atoms with E-state index in [4.69, 9.17) is 4.74 Å². The van der Waals surface area contributed by atoms with E-state index in [1.54, 1.807) is 30.3 Å². The monoisotopic (exact) mass is 390 g/mol. The number of amides is 1. The third kappa shape index (κ3) is 5.72. The molecule has 7 heteroatoms. The Morgan fingerprint density at radius 1 is 1.11 bits per heavy atom. The number of rotatable bonds is 8. The lowest BCUT2D eigenvalue weighted by Crippen LogP contribution is -2.37. The number of hydrogen-bond donors (Lipinski definition) is 1. The molecule has 0 atom stereocenters. The van der Waals surface area contributed by atoms with Crippen LogP contribution < -0.4 is 14.4 Å². The summed E-state index contributed by atoms with van der Waals surface area (Å²) in [6, 6.07) is 12.3. The fourth-order valence-corrected chi connectivity index (χ4v) is 3.39. The number of ether oxygens (including phenoxy) is 1. The second-order valence-corrected chi connectivity index (χ2v) is 8.31. The minimum absolute atomic E-state index is 0.304. The van der Waals surface area contributed by atoms with E-state index in [1.807, 2.05) is 32.9 Å². The number of anilines is 2. The van der Waals surface area contributed by atoms with Gasteiger partial charge in [-0.3, -0.25) is 9.10 Å². The van der Waals surface area contributed by atoms with Crippen molar-refractivity contribution in [2.45, 2.75) is 27.2 Å². The standard InChI is InChI=1S/C20H26N2O4S/c1-5-13-26-18-11-9-17(10-12-18)22(27(4,24)25)14-20(23)21-19-8-6-7-15(2)16(19)3/h6-12H,5,13-14H2,1-4H3,(H,21,23). The van der Waals surface area contributed by atoms with Crippen LogP contribution in [0.25, 0.3) is 0 Å². The van der Waals surface area contributed by atoms with Gasteiger partial charge in [0.05, 0.1) is 18.6 Å². The number of hydrogen-bond acceptors (Lipinski definition) is 4. The van der Waals surface area contributed by atoms with Crippen molar-refractivity contribution in [3.8, 4) is 5.75 Å². The maximum atomic E-state index is 12.5. The zero-order valence-corrected chi connectivity index (χ0v) is 17.0. The molecule has 0 heterocycles. The summed E-state index contributed by atoms with van der Waals surface area (Å²) in [5.41, 5.74) is 3.10. The second kappa shape index (κ2) is 8.90. The summed E-state index contributed by atoms with van der Waals surface area (Å²) in [5.74, 6) is 0.259. The molecule has 0 saturated carbocycles. The first-order valence-corrected chi connectivity index (χ1v) is 10.6. The predicted molar refractivity (Wildman–Crippen MR) is 109 cm³/mol. The van der Waals surface area contributed by atoms with Crippen molar-refractivity contribution in [3.05, 3.63) is 53.6 Å². The van der Waals surface area contributed by atoms with Crippen LogP contribution in [0.3, 0.4) is 0 Å². The third-order valence-electron chi connectivity index (χ3n) is 4.16. The molecule has 0 saturated heterocycles. The molecular weight excluding hydrogens is 364 g/mol. The van der Waals surface area contributed by atoms with E-state index in [9.17, 15) is 13.2 Å². The van der Waals surface area contributed by atoms with E-state index >= 15 is 0 Å². The van der Waals surface area contributed by atoms with Crippen molar-refractivity contribution in [1.82, 2.24) is 0 Å². The lowest BCUT2D eigenvalue weighted by Gasteiger charge is -2.22. The molecule has 0 aliphatic carbocycles. The van der Waals surface area contributed by atoms with Crippen LogP contribution in [0.2, 0.25) is 0 Å². The lowest BCUT2D eigenvalue weighted by atomic mass is 10.1. The molecule has 1 N–H and O–H groups in total. The highest BCUT2D eigenvalue weighted by molar-refractivity contribution is 7.92. The Bertz CT molecular complexity index is 893. The minimum atomic E-state index is -3.62. The van der Waals surface area contributed by atoms with Gasteiger partial charge in [-0.1, -0.05) is 19.1 Å². The molecule has 146 valence electrons. The fraction of sp³-hybridized carbons (Fsp3) is 0.350. The van der Waals surface area contributed by atoms with Gasteiger partial charge in [-0.2, -0.15) is 0 Å². The van der Waals surface area contributed by atoms with Gasteiger partial charge in [-0.05, 0) is 61.7 Å². The SMILES string of the molecule is CCCOc1ccc(N(CC(=O)Nc2cccc(C)c2C)S(C)(=O)=O)cc1. The molecule has 6 nitrogen and oxygen atoms in total. The summed E-state index contributed by atoms with van der Waals surface area (Å²) in [6.07, 6.45) is 1.97. The topological polar surface area (TPSA) is 75.7 Å². The van der Waals surface area contributed by atoms with E-state index in [2.05, 4.69) is 5.32 Å². The summed E-state index contributed by atoms with van der Waals surface area (Å²) < 4.78 is 31.0. The molecule has 0 fully saturated rings. The maximum absolute atomic E-state index is 12.5. The molecular formula is C20H26N2O4S. The zero-order chi connectivity index (χ0) is 20.0. The van der Waals surface area contributed by atoms with Gasteiger partial charge in [0.1, 0.15) is 12.3 Å². The van der Waals surface area contributed by atoms with Gasteiger partial charge in [-0.25, -0.2) is 8.42 Å². The summed E-state index contributed by atoms with van der Waals surface area (Å²) >= 11 is 0. The Hall–Kier alpha value is -2.54. The van der Waals surface area contributed by atoms with Crippen LogP contribution in [-0.4, -0.2) is 33.7 Å². The minimum Gasteiger partial charge on any atom is -0.494 e. The summed E-state index contributed by atoms with van der Waals surface area (Å²) in [5, 5.41) is 2.79. The zero-order valence-electron chi connectivity index (χ0n) is 16.2. The summed E-state index contributed by atoms with van der Waals surface area (Å²) in [7, 11) is -3.62. The highest BCUT2D eigenvalue weighted by Crippen LogP contribution is 2.22. The van der Waals surface area contributed by atoms with E-state index < -0.39 is 15.9 Å². The Morgan fingerprint density at radius 3 is 2.37 bits per heavy atom. The van der Waals surface area contributed by atoms with Crippen LogP contribution >= 0.6 is 0 Å². The highest BCUT2D eigenvalue weighted by Gasteiger charge is 2.21. The van der Waals surface area contributed by atoms with Crippen molar-refractivity contribution in [2.75, 3.05) is 29.0 Å². The molecule has 0 aliphatic rings. The molecule has 1 amide bonds. The Labute approximate surface area is 161 Å². The van der Waals surface area contributed by atoms with Crippen molar-refractivity contribution >= 4 is 27.3 Å². The van der Waals surface area contributed by atoms with Gasteiger partial charge in [0.25, 0.3) is 0 Å². The smallest absolute Gasteiger partial charge is 0.245 e. The van der Waals surface area contributed by atoms with Crippen LogP contribution in [0.1, 0.15) is 24.5 Å². The van der Waals surface area contributed by atoms with Crippen LogP contribution in [0.5, 0.6) is 5.75 Å². The van der Waals surface area contributed by atoms with Crippen molar-refractivity contribution in [3.63, 3.8) is 0 Å². The van der Waals surface area contributed by atoms with Gasteiger partial charge in [0.2, 0.25) is 15.9 Å². The predicted octanol–water partition coefficient (Wildman–Crippen LogP) is 3.50. The quantitative estimate of drug-likeness (QED) is 0.749. The van der Waals surface area contributed by atoms with Crippen LogP contribution in [-0.2, 0) is 14.8 Å². The van der Waals surface area contributed by atoms with E-state index in [-0.39, 0.29) is 6.54 Å². The number of benzene rings is 2. The van der Waals surface area contributed by atoms with E-state index in [1.165, 1.54) is 0 Å². The number of nitrogens with zero attached hydrogens (tertiary/aromatic N) is 1. The molecule has 0 aliphatic heterocycles. The molecule has 2 rings (SSSR count). The second-order valence-electron chi connectivity index (χ2n) is 6.41. The number of carbonyl (C=O) groups is 1. The van der Waals surface area contributed by atoms with Gasteiger partial charge < -0.3 is 10.1 Å². The third-order valence-corrected chi connectivity index (χ3v) is 5.30. The largest absolute Gasteiger partial charge is 0.494 e. The molecule has 0 unspecified atom stereocenters. The molecule has 2 aromatic rings. The molecule has 0 bridgehead atoms. The van der Waals surface area contributed by atoms with E-state index in [0.717, 1.165) is 28.1 Å². The highest BCUT2D eigenvalue weighted by atomic mass is 32.2. The number of nitrogens with one attached hydrogen (secondary N) is 1. The van der Waals surface area contributed by atoms with Crippen molar-refractivity contribution in [2.24, 2.45) is 0 Å². The molecule has 2 aromatic carbocycles. The number of sulfonamides is 1. The number of aryl methyl sites for hydroxylation is 1. The average Bonchev–Trinajstić information content (AvgIpc) is 2.61. The van der Waals surface area contributed by atoms with Crippen molar-refractivity contribution < 1.29 is 17.9 Å². The Morgan fingerprint density at radius 2 is 1.78 bits per heavy atom. The Kier molecular flexibility index (Phi) is 6.85. The average molecular weight is 391 g/mol. The molecule has 27 heavy (non-hydrogen) atoms. The molecule has 0 aromatic heterocycles. The first kappa shape index (κ1) is 20.8. The first-order valence-electron chi connectivity index (χ1n) is 8.79. The van der Waals surface area contributed by atoms with Gasteiger partial charge in [0, 0.05) is 5.69 Å². The van der Waals surface area contributed by atoms with Crippen LogP contribution in [0.4, 0.5) is 11.4 Å². The van der Waals surface area contributed by atoms with Crippen LogP contribution in [0.15, 0.2) is 42.5 Å². The normalized spacial score (nSPS) is 11.1. The Balaban J connectivity index is 2.17. The molecule has 0 radical (unpaired) electrons. The first-order chi connectivity index (χ1) is 12.7. The summed E-state index contributed by atoms with van der Waals surface area (Å²) in [6.45, 7) is 6.16. The van der Waals surface area contributed by atoms with Crippen molar-refractivity contribution in [1.29, 1.82) is 0 Å². The maximum Gasteiger partial charge on any atom is 0.245 e. The molecule has 0 spiro atoms. The van der Waals surface area contributed by atoms with Gasteiger partial charge in [-0.15, -0.1) is 0 Å². The summed E-state index contributed by atoms with van der Waals surface area (Å²) in [4.78, 5) is 12.5. The van der Waals surface area contributed by atoms with Gasteiger partial charge >= 0.3 is 0 Å². The lowest BCUT2D eigenvalue weighted by molar-refractivity contribution is -0.114. The number of carbonyl (C=O) groups excluding carboxylic acids is 1. The van der Waals surface area contributed by atoms with E-state index in [0.29, 0.717) is 23.7 Å². The fourth-order valence-electron chi connectivity index (χ4n) is 2.54.